The molecule has 140 valence electrons. The van der Waals surface area contributed by atoms with Crippen molar-refractivity contribution in [3.63, 3.8) is 0 Å². The molecule has 0 unspecified atom stereocenters. The van der Waals surface area contributed by atoms with E-state index in [0.717, 1.165) is 46.1 Å². The third kappa shape index (κ3) is 3.50. The molecule has 2 aromatic heterocycles. The van der Waals surface area contributed by atoms with E-state index in [2.05, 4.69) is 43.2 Å². The molecule has 0 N–H and O–H groups in total. The van der Waals surface area contributed by atoms with E-state index in [9.17, 15) is 4.79 Å². The van der Waals surface area contributed by atoms with Crippen LogP contribution in [0.15, 0.2) is 40.3 Å². The Morgan fingerprint density at radius 3 is 2.89 bits per heavy atom. The Balaban J connectivity index is 1.76. The van der Waals surface area contributed by atoms with Crippen LogP contribution in [0.4, 0.5) is 0 Å². The van der Waals surface area contributed by atoms with Gasteiger partial charge in [0.1, 0.15) is 10.3 Å². The number of imidazole rings is 1. The smallest absolute Gasteiger partial charge is 0.211 e. The molecule has 0 fully saturated rings. The lowest BCUT2D eigenvalue weighted by Crippen LogP contribution is -2.08. The Kier molecular flexibility index (Phi) is 4.99. The second-order valence-electron chi connectivity index (χ2n) is 7.50. The van der Waals surface area contributed by atoms with Crippen molar-refractivity contribution in [3.05, 3.63) is 67.7 Å². The average molecular weight is 397 g/mol. The van der Waals surface area contributed by atoms with Crippen LogP contribution in [0.3, 0.4) is 0 Å². The molecule has 27 heavy (non-hydrogen) atoms. The fraction of sp³-hybridized carbons (Fsp3) is 0.364. The molecule has 0 saturated heterocycles. The van der Waals surface area contributed by atoms with Crippen LogP contribution in [0.2, 0.25) is 0 Å². The van der Waals surface area contributed by atoms with Crippen molar-refractivity contribution in [1.29, 1.82) is 0 Å². The number of nitrogens with zero attached hydrogens (tertiary/aromatic N) is 2. The summed E-state index contributed by atoms with van der Waals surface area (Å²) in [5.74, 6) is 0.851. The SMILES string of the molecule is C=C(C)Cn1c(SCc2ccc(C)cc2C)nc2c(=O)c3c(sc21)CCC3. The lowest BCUT2D eigenvalue weighted by molar-refractivity contribution is 0.725. The summed E-state index contributed by atoms with van der Waals surface area (Å²) >= 11 is 3.46. The van der Waals surface area contributed by atoms with E-state index in [4.69, 9.17) is 4.98 Å². The highest BCUT2D eigenvalue weighted by Crippen LogP contribution is 2.33. The maximum Gasteiger partial charge on any atom is 0.211 e. The number of rotatable bonds is 5. The van der Waals surface area contributed by atoms with Gasteiger partial charge in [0.25, 0.3) is 0 Å². The van der Waals surface area contributed by atoms with Gasteiger partial charge in [0.05, 0.1) is 0 Å². The third-order valence-corrected chi connectivity index (χ3v) is 7.37. The fourth-order valence-electron chi connectivity index (χ4n) is 3.67. The van der Waals surface area contributed by atoms with Crippen LogP contribution >= 0.6 is 23.1 Å². The van der Waals surface area contributed by atoms with Gasteiger partial charge in [-0.1, -0.05) is 47.7 Å². The molecule has 0 spiro atoms. The number of aromatic nitrogens is 2. The van der Waals surface area contributed by atoms with Gasteiger partial charge >= 0.3 is 0 Å². The van der Waals surface area contributed by atoms with Crippen LogP contribution in [-0.4, -0.2) is 9.55 Å². The summed E-state index contributed by atoms with van der Waals surface area (Å²) < 4.78 is 2.19. The maximum atomic E-state index is 12.9. The molecular weight excluding hydrogens is 372 g/mol. The van der Waals surface area contributed by atoms with Crippen molar-refractivity contribution in [1.82, 2.24) is 9.55 Å². The van der Waals surface area contributed by atoms with E-state index in [-0.39, 0.29) is 5.43 Å². The largest absolute Gasteiger partial charge is 0.306 e. The molecule has 3 aromatic rings. The highest BCUT2D eigenvalue weighted by molar-refractivity contribution is 7.98. The second kappa shape index (κ2) is 7.28. The highest BCUT2D eigenvalue weighted by Gasteiger charge is 2.22. The number of thioether (sulfide) groups is 1. The number of aryl methyl sites for hydroxylation is 3. The van der Waals surface area contributed by atoms with Gasteiger partial charge in [0.15, 0.2) is 5.16 Å². The predicted molar refractivity (Wildman–Crippen MR) is 116 cm³/mol. The topological polar surface area (TPSA) is 34.9 Å². The van der Waals surface area contributed by atoms with E-state index in [1.165, 1.54) is 21.6 Å². The highest BCUT2D eigenvalue weighted by atomic mass is 32.2. The van der Waals surface area contributed by atoms with Gasteiger partial charge in [-0.2, -0.15) is 0 Å². The van der Waals surface area contributed by atoms with Crippen molar-refractivity contribution in [3.8, 4) is 0 Å². The summed E-state index contributed by atoms with van der Waals surface area (Å²) in [6.45, 7) is 11.1. The van der Waals surface area contributed by atoms with Crippen molar-refractivity contribution < 1.29 is 0 Å². The van der Waals surface area contributed by atoms with Gasteiger partial charge in [0.2, 0.25) is 5.43 Å². The molecule has 5 heteroatoms. The first kappa shape index (κ1) is 18.5. The molecule has 1 aromatic carbocycles. The minimum atomic E-state index is 0.144. The number of benzene rings is 1. The normalized spacial score (nSPS) is 13.3. The molecule has 0 atom stereocenters. The first-order chi connectivity index (χ1) is 12.9. The van der Waals surface area contributed by atoms with Crippen LogP contribution < -0.4 is 5.43 Å². The standard InChI is InChI=1S/C22H24N2OS2/c1-13(2)11-24-21-19(20(25)17-6-5-7-18(17)27-21)23-22(24)26-12-16-9-8-14(3)10-15(16)4/h8-10H,1,5-7,11-12H2,2-4H3. The predicted octanol–water partition coefficient (Wildman–Crippen LogP) is 5.43. The quantitative estimate of drug-likeness (QED) is 0.426. The fourth-order valence-corrected chi connectivity index (χ4v) is 6.10. The summed E-state index contributed by atoms with van der Waals surface area (Å²) in [4.78, 5) is 20.0. The first-order valence-electron chi connectivity index (χ1n) is 9.32. The molecule has 0 saturated carbocycles. The van der Waals surface area contributed by atoms with Crippen LogP contribution in [0.5, 0.6) is 0 Å². The molecule has 0 aliphatic heterocycles. The third-order valence-electron chi connectivity index (χ3n) is 5.05. The van der Waals surface area contributed by atoms with Gasteiger partial charge in [-0.3, -0.25) is 4.79 Å². The molecule has 3 nitrogen and oxygen atoms in total. The Bertz CT molecular complexity index is 1110. The van der Waals surface area contributed by atoms with E-state index >= 15 is 0 Å². The summed E-state index contributed by atoms with van der Waals surface area (Å²) in [6, 6.07) is 6.57. The minimum absolute atomic E-state index is 0.144. The summed E-state index contributed by atoms with van der Waals surface area (Å²) in [5.41, 5.74) is 6.75. The summed E-state index contributed by atoms with van der Waals surface area (Å²) in [7, 11) is 0. The molecule has 4 rings (SSSR count). The lowest BCUT2D eigenvalue weighted by atomic mass is 10.1. The minimum Gasteiger partial charge on any atom is -0.306 e. The molecule has 1 aliphatic carbocycles. The zero-order valence-electron chi connectivity index (χ0n) is 16.1. The van der Waals surface area contributed by atoms with E-state index in [1.807, 2.05) is 6.92 Å². The van der Waals surface area contributed by atoms with Crippen LogP contribution in [-0.2, 0) is 25.1 Å². The Hall–Kier alpha value is -1.85. The molecule has 0 radical (unpaired) electrons. The van der Waals surface area contributed by atoms with Crippen molar-refractivity contribution >= 4 is 33.4 Å². The second-order valence-corrected chi connectivity index (χ2v) is 9.52. The van der Waals surface area contributed by atoms with Gasteiger partial charge in [-0.05, 0) is 51.2 Å². The van der Waals surface area contributed by atoms with Gasteiger partial charge < -0.3 is 4.57 Å². The number of hydrogen-bond donors (Lipinski definition) is 0. The zero-order valence-corrected chi connectivity index (χ0v) is 17.7. The van der Waals surface area contributed by atoms with Crippen molar-refractivity contribution in [2.24, 2.45) is 0 Å². The molecule has 1 aliphatic rings. The number of fused-ring (bicyclic) bond motifs is 2. The van der Waals surface area contributed by atoms with E-state index in [1.54, 1.807) is 23.1 Å². The zero-order chi connectivity index (χ0) is 19.1. The van der Waals surface area contributed by atoms with Gasteiger partial charge in [0, 0.05) is 22.7 Å². The Morgan fingerprint density at radius 1 is 1.33 bits per heavy atom. The summed E-state index contributed by atoms with van der Waals surface area (Å²) in [6.07, 6.45) is 3.01. The molecule has 0 bridgehead atoms. The molecular formula is C22H24N2OS2. The molecule has 2 heterocycles. The van der Waals surface area contributed by atoms with Gasteiger partial charge in [-0.15, -0.1) is 11.3 Å². The van der Waals surface area contributed by atoms with Crippen molar-refractivity contribution in [2.75, 3.05) is 0 Å². The maximum absolute atomic E-state index is 12.9. The monoisotopic (exact) mass is 396 g/mol. The number of allylic oxidation sites excluding steroid dienone is 1. The Morgan fingerprint density at radius 2 is 2.15 bits per heavy atom. The number of hydrogen-bond acceptors (Lipinski definition) is 4. The van der Waals surface area contributed by atoms with Crippen molar-refractivity contribution in [2.45, 2.75) is 57.5 Å². The van der Waals surface area contributed by atoms with Gasteiger partial charge in [-0.25, -0.2) is 4.98 Å². The average Bonchev–Trinajstić information content (AvgIpc) is 3.20. The summed E-state index contributed by atoms with van der Waals surface area (Å²) in [5, 5.41) is 0.921. The van der Waals surface area contributed by atoms with Crippen LogP contribution in [0.25, 0.3) is 10.3 Å². The van der Waals surface area contributed by atoms with E-state index in [0.29, 0.717) is 12.1 Å². The lowest BCUT2D eigenvalue weighted by Gasteiger charge is -2.10. The first-order valence-corrected chi connectivity index (χ1v) is 11.1. The molecule has 0 amide bonds. The Labute approximate surface area is 168 Å². The van der Waals surface area contributed by atoms with E-state index < -0.39 is 0 Å². The van der Waals surface area contributed by atoms with Crippen LogP contribution in [0, 0.1) is 13.8 Å². The van der Waals surface area contributed by atoms with Crippen LogP contribution in [0.1, 0.15) is 40.5 Å².